The molecule has 0 saturated carbocycles. The Hall–Kier alpha value is -1.46. The number of ether oxygens (including phenoxy) is 1. The molecule has 1 aromatic heterocycles. The Bertz CT molecular complexity index is 485. The summed E-state index contributed by atoms with van der Waals surface area (Å²) >= 11 is 1.48. The summed E-state index contributed by atoms with van der Waals surface area (Å²) in [6, 6.07) is 4.44. The minimum Gasteiger partial charge on any atom is -0.486 e. The lowest BCUT2D eigenvalue weighted by Gasteiger charge is -2.09. The van der Waals surface area contributed by atoms with Gasteiger partial charge >= 0.3 is 0 Å². The predicted molar refractivity (Wildman–Crippen MR) is 63.5 cm³/mol. The number of hydrogen-bond donors (Lipinski definition) is 1. The molecule has 17 heavy (non-hydrogen) atoms. The zero-order chi connectivity index (χ0) is 12.3. The molecule has 0 spiro atoms. The molecule has 1 aromatic carbocycles. The van der Waals surface area contributed by atoms with E-state index in [4.69, 9.17) is 4.74 Å². The Labute approximate surface area is 103 Å². The molecule has 0 bridgehead atoms. The third-order valence-electron chi connectivity index (χ3n) is 2.27. The van der Waals surface area contributed by atoms with Crippen molar-refractivity contribution in [2.45, 2.75) is 19.6 Å². The standard InChI is InChI=1S/C12H12FNO2S/c1-8(15)10-3-2-9(6-11(10)13)16-7-12-14-4-5-17-12/h2-6,8,15H,7H2,1H3/t8-/m0/s1. The van der Waals surface area contributed by atoms with E-state index in [1.165, 1.54) is 30.4 Å². The molecule has 0 radical (unpaired) electrons. The molecule has 0 unspecified atom stereocenters. The van der Waals surface area contributed by atoms with Gasteiger partial charge in [-0.2, -0.15) is 0 Å². The Morgan fingerprint density at radius 2 is 2.35 bits per heavy atom. The van der Waals surface area contributed by atoms with Crippen LogP contribution in [-0.2, 0) is 6.61 Å². The monoisotopic (exact) mass is 253 g/mol. The second-order valence-corrected chi connectivity index (χ2v) is 4.55. The van der Waals surface area contributed by atoms with Crippen molar-refractivity contribution in [2.24, 2.45) is 0 Å². The van der Waals surface area contributed by atoms with E-state index in [1.807, 2.05) is 5.38 Å². The van der Waals surface area contributed by atoms with Gasteiger partial charge in [0.05, 0.1) is 6.10 Å². The molecule has 2 rings (SSSR count). The van der Waals surface area contributed by atoms with Gasteiger partial charge in [0.15, 0.2) is 0 Å². The number of rotatable bonds is 4. The van der Waals surface area contributed by atoms with Crippen molar-refractivity contribution >= 4 is 11.3 Å². The van der Waals surface area contributed by atoms with Crippen molar-refractivity contribution in [3.05, 3.63) is 46.2 Å². The fourth-order valence-corrected chi connectivity index (χ4v) is 1.93. The van der Waals surface area contributed by atoms with Crippen molar-refractivity contribution in [1.82, 2.24) is 4.98 Å². The molecule has 0 fully saturated rings. The number of nitrogens with zero attached hydrogens (tertiary/aromatic N) is 1. The van der Waals surface area contributed by atoms with E-state index in [0.717, 1.165) is 5.01 Å². The summed E-state index contributed by atoms with van der Waals surface area (Å²) in [5.41, 5.74) is 0.270. The van der Waals surface area contributed by atoms with Gasteiger partial charge in [0.2, 0.25) is 0 Å². The molecule has 3 nitrogen and oxygen atoms in total. The number of benzene rings is 1. The van der Waals surface area contributed by atoms with Gasteiger partial charge in [-0.05, 0) is 19.1 Å². The van der Waals surface area contributed by atoms with E-state index < -0.39 is 11.9 Å². The lowest BCUT2D eigenvalue weighted by Crippen LogP contribution is -1.98. The number of halogens is 1. The van der Waals surface area contributed by atoms with Gasteiger partial charge < -0.3 is 9.84 Å². The van der Waals surface area contributed by atoms with Crippen molar-refractivity contribution in [3.63, 3.8) is 0 Å². The Morgan fingerprint density at radius 3 is 2.94 bits per heavy atom. The van der Waals surface area contributed by atoms with Crippen molar-refractivity contribution < 1.29 is 14.2 Å². The normalized spacial score (nSPS) is 12.4. The first-order valence-electron chi connectivity index (χ1n) is 5.15. The zero-order valence-electron chi connectivity index (χ0n) is 9.26. The molecular weight excluding hydrogens is 241 g/mol. The van der Waals surface area contributed by atoms with Crippen molar-refractivity contribution in [3.8, 4) is 5.75 Å². The number of aliphatic hydroxyl groups excluding tert-OH is 1. The Kier molecular flexibility index (Phi) is 3.71. The zero-order valence-corrected chi connectivity index (χ0v) is 10.1. The summed E-state index contributed by atoms with van der Waals surface area (Å²) < 4.78 is 18.9. The van der Waals surface area contributed by atoms with Gasteiger partial charge in [0.1, 0.15) is 23.2 Å². The quantitative estimate of drug-likeness (QED) is 0.911. The van der Waals surface area contributed by atoms with E-state index in [1.54, 1.807) is 12.3 Å². The number of aliphatic hydroxyl groups is 1. The van der Waals surface area contributed by atoms with Gasteiger partial charge in [-0.15, -0.1) is 11.3 Å². The first-order chi connectivity index (χ1) is 8.16. The van der Waals surface area contributed by atoms with E-state index in [2.05, 4.69) is 4.98 Å². The highest BCUT2D eigenvalue weighted by atomic mass is 32.1. The second kappa shape index (κ2) is 5.25. The van der Waals surface area contributed by atoms with Gasteiger partial charge in [-0.3, -0.25) is 0 Å². The van der Waals surface area contributed by atoms with E-state index in [0.29, 0.717) is 12.4 Å². The van der Waals surface area contributed by atoms with Crippen molar-refractivity contribution in [1.29, 1.82) is 0 Å². The highest BCUT2D eigenvalue weighted by Crippen LogP contribution is 2.22. The largest absolute Gasteiger partial charge is 0.486 e. The van der Waals surface area contributed by atoms with Gasteiger partial charge in [-0.25, -0.2) is 9.37 Å². The number of aromatic nitrogens is 1. The molecule has 2 aromatic rings. The lowest BCUT2D eigenvalue weighted by molar-refractivity contribution is 0.194. The van der Waals surface area contributed by atoms with E-state index in [9.17, 15) is 9.50 Å². The van der Waals surface area contributed by atoms with Crippen LogP contribution in [0.5, 0.6) is 5.75 Å². The maximum Gasteiger partial charge on any atom is 0.140 e. The fourth-order valence-electron chi connectivity index (χ4n) is 1.41. The molecule has 0 amide bonds. The van der Waals surface area contributed by atoms with Crippen LogP contribution in [0.4, 0.5) is 4.39 Å². The van der Waals surface area contributed by atoms with Crippen LogP contribution in [-0.4, -0.2) is 10.1 Å². The van der Waals surface area contributed by atoms with Crippen LogP contribution in [0.15, 0.2) is 29.8 Å². The summed E-state index contributed by atoms with van der Waals surface area (Å²) in [4.78, 5) is 4.06. The molecule has 0 aliphatic heterocycles. The first kappa shape index (κ1) is 12.0. The summed E-state index contributed by atoms with van der Waals surface area (Å²) in [5, 5.41) is 12.0. The van der Waals surface area contributed by atoms with Crippen LogP contribution in [0.25, 0.3) is 0 Å². The van der Waals surface area contributed by atoms with Crippen LogP contribution in [0, 0.1) is 5.82 Å². The van der Waals surface area contributed by atoms with Crippen LogP contribution < -0.4 is 4.74 Å². The molecule has 0 aliphatic carbocycles. The topological polar surface area (TPSA) is 42.4 Å². The van der Waals surface area contributed by atoms with Gasteiger partial charge in [0, 0.05) is 23.2 Å². The first-order valence-corrected chi connectivity index (χ1v) is 6.03. The van der Waals surface area contributed by atoms with Crippen LogP contribution in [0.1, 0.15) is 23.6 Å². The smallest absolute Gasteiger partial charge is 0.140 e. The SMILES string of the molecule is C[C@H](O)c1ccc(OCc2nccs2)cc1F. The molecule has 1 atom stereocenters. The Morgan fingerprint density at radius 1 is 1.53 bits per heavy atom. The van der Waals surface area contributed by atoms with E-state index >= 15 is 0 Å². The van der Waals surface area contributed by atoms with Gasteiger partial charge in [-0.1, -0.05) is 0 Å². The van der Waals surface area contributed by atoms with Crippen molar-refractivity contribution in [2.75, 3.05) is 0 Å². The third-order valence-corrected chi connectivity index (χ3v) is 3.02. The summed E-state index contributed by atoms with van der Waals surface area (Å²) in [6.45, 7) is 1.85. The maximum absolute atomic E-state index is 13.5. The highest BCUT2D eigenvalue weighted by molar-refractivity contribution is 7.09. The lowest BCUT2D eigenvalue weighted by atomic mass is 10.1. The minimum absolute atomic E-state index is 0.270. The Balaban J connectivity index is 2.05. The molecule has 90 valence electrons. The third kappa shape index (κ3) is 3.01. The maximum atomic E-state index is 13.5. The van der Waals surface area contributed by atoms with E-state index in [-0.39, 0.29) is 5.56 Å². The average Bonchev–Trinajstić information content (AvgIpc) is 2.78. The summed E-state index contributed by atoms with van der Waals surface area (Å²) in [5.74, 6) is -0.0289. The van der Waals surface area contributed by atoms with Crippen LogP contribution >= 0.6 is 11.3 Å². The molecule has 0 aliphatic rings. The van der Waals surface area contributed by atoms with Crippen LogP contribution in [0.2, 0.25) is 0 Å². The molecular formula is C12H12FNO2S. The summed E-state index contributed by atoms with van der Waals surface area (Å²) in [6.07, 6.45) is 0.878. The average molecular weight is 253 g/mol. The second-order valence-electron chi connectivity index (χ2n) is 3.57. The fraction of sp³-hybridized carbons (Fsp3) is 0.250. The number of hydrogen-bond acceptors (Lipinski definition) is 4. The molecule has 5 heteroatoms. The molecule has 1 N–H and O–H groups in total. The highest BCUT2D eigenvalue weighted by Gasteiger charge is 2.09. The minimum atomic E-state index is -0.817. The molecule has 1 heterocycles. The summed E-state index contributed by atoms with van der Waals surface area (Å²) in [7, 11) is 0. The van der Waals surface area contributed by atoms with Gasteiger partial charge in [0.25, 0.3) is 0 Å². The van der Waals surface area contributed by atoms with Crippen LogP contribution in [0.3, 0.4) is 0 Å². The predicted octanol–water partition coefficient (Wildman–Crippen LogP) is 2.91. The number of thiazole rings is 1. The molecule has 0 saturated heterocycles.